The molecule has 0 spiro atoms. The Labute approximate surface area is 195 Å². The van der Waals surface area contributed by atoms with Gasteiger partial charge in [-0.3, -0.25) is 10.1 Å². The number of carbonyl (C=O) groups excluding carboxylic acids is 1. The van der Waals surface area contributed by atoms with Gasteiger partial charge in [0.25, 0.3) is 0 Å². The van der Waals surface area contributed by atoms with Crippen molar-refractivity contribution in [2.75, 3.05) is 0 Å². The second-order valence-corrected chi connectivity index (χ2v) is 2.94. The molecule has 0 bridgehead atoms. The van der Waals surface area contributed by atoms with Gasteiger partial charge in [0.15, 0.2) is 5.52 Å². The normalized spacial score (nSPS) is 8.47. The maximum Gasteiger partial charge on any atom is 1.00 e. The number of fused-ring (bicyclic) bond motifs is 1. The first-order valence-corrected chi connectivity index (χ1v) is 4.24. The first-order chi connectivity index (χ1) is 7.93. The molecule has 90 valence electrons. The zero-order valence-corrected chi connectivity index (χ0v) is 16.8. The molecule has 1 aromatic heterocycles. The Kier molecular flexibility index (Phi) is 12.3. The van der Waals surface area contributed by atoms with Crippen LogP contribution in [0.25, 0.3) is 11.0 Å². The summed E-state index contributed by atoms with van der Waals surface area (Å²) in [5, 5.41) is 34.3. The second-order valence-electron chi connectivity index (χ2n) is 2.54. The molecule has 12 heteroatoms. The Balaban J connectivity index is 0. The molecule has 1 aromatic carbocycles. The number of carbonyl (C=O) groups is 1. The topological polar surface area (TPSA) is 145 Å². The summed E-state index contributed by atoms with van der Waals surface area (Å²) in [5.41, 5.74) is 0.106. The molecule has 1 heterocycles. The van der Waals surface area contributed by atoms with Crippen molar-refractivity contribution in [2.24, 2.45) is 0 Å². The maximum atomic E-state index is 10.5. The minimum atomic E-state index is -2.33. The average molecular weight is 338 g/mol. The van der Waals surface area contributed by atoms with Crippen LogP contribution in [0.4, 0.5) is 10.5 Å². The fraction of sp³-hybridized carbons (Fsp3) is 0. The molecule has 0 saturated heterocycles. The molecule has 2 rings (SSSR count). The van der Waals surface area contributed by atoms with Gasteiger partial charge in [-0.05, 0) is 22.5 Å². The summed E-state index contributed by atoms with van der Waals surface area (Å²) in [6, 6.07) is 2.64. The van der Waals surface area contributed by atoms with Crippen molar-refractivity contribution in [1.82, 2.24) is 10.3 Å². The second kappa shape index (κ2) is 10.6. The van der Waals surface area contributed by atoms with Gasteiger partial charge in [0.05, 0.1) is 9.95 Å². The van der Waals surface area contributed by atoms with Gasteiger partial charge in [-0.2, -0.15) is 0 Å². The average Bonchev–Trinajstić information content (AvgIpc) is 2.66. The molecule has 0 saturated carbocycles. The van der Waals surface area contributed by atoms with Gasteiger partial charge in [-0.25, -0.2) is 4.63 Å². The van der Waals surface area contributed by atoms with Crippen LogP contribution in [0.15, 0.2) is 16.8 Å². The van der Waals surface area contributed by atoms with E-state index in [1.54, 1.807) is 0 Å². The third-order valence-corrected chi connectivity index (χ3v) is 1.85. The molecule has 9 nitrogen and oxygen atoms in total. The predicted molar refractivity (Wildman–Crippen MR) is 48.9 cm³/mol. The zero-order valence-electron chi connectivity index (χ0n) is 9.82. The van der Waals surface area contributed by atoms with Gasteiger partial charge < -0.3 is 15.0 Å². The van der Waals surface area contributed by atoms with Crippen LogP contribution < -0.4 is 113 Å². The Bertz CT molecular complexity index is 573. The fourth-order valence-electron chi connectivity index (χ4n) is 0.971. The maximum absolute atomic E-state index is 10.5. The number of nitrogens with zero attached hydrogens (tertiary/aromatic N) is 3. The summed E-state index contributed by atoms with van der Waals surface area (Å²) >= 11 is 5.69. The molecule has 19 heavy (non-hydrogen) atoms. The molecule has 0 atom stereocenters. The van der Waals surface area contributed by atoms with E-state index in [9.17, 15) is 10.1 Å². The van der Waals surface area contributed by atoms with Gasteiger partial charge in [0.2, 0.25) is 5.52 Å². The van der Waals surface area contributed by atoms with Gasteiger partial charge in [-0.15, -0.1) is 0 Å². The standard InChI is InChI=1S/C6H2ClN3O3.CH2O3.2K/c7-3-1-2-4(10(11)12)6-5(3)8-13-9-6;2-1(3)4;;/h1-2H;(H2,2,3,4);;/q;;2*+1/p-2. The minimum Gasteiger partial charge on any atom is -0.652 e. The minimum absolute atomic E-state index is 0. The fourth-order valence-corrected chi connectivity index (χ4v) is 1.16. The van der Waals surface area contributed by atoms with Gasteiger partial charge in [0.1, 0.15) is 0 Å². The largest absolute Gasteiger partial charge is 1.00 e. The molecule has 0 radical (unpaired) electrons. The van der Waals surface area contributed by atoms with Gasteiger partial charge in [-0.1, -0.05) is 11.6 Å². The number of rotatable bonds is 1. The quantitative estimate of drug-likeness (QED) is 0.283. The van der Waals surface area contributed by atoms with E-state index in [4.69, 9.17) is 26.6 Å². The third kappa shape index (κ3) is 6.90. The number of benzene rings is 1. The number of non-ortho nitro benzene ring substituents is 1. The van der Waals surface area contributed by atoms with Crippen molar-refractivity contribution in [3.8, 4) is 0 Å². The van der Waals surface area contributed by atoms with Crippen LogP contribution >= 0.6 is 11.6 Å². The van der Waals surface area contributed by atoms with Crippen LogP contribution in [0.2, 0.25) is 5.02 Å². The van der Waals surface area contributed by atoms with E-state index in [0.29, 0.717) is 0 Å². The van der Waals surface area contributed by atoms with E-state index >= 15 is 0 Å². The van der Waals surface area contributed by atoms with Crippen molar-refractivity contribution in [3.05, 3.63) is 27.3 Å². The number of hydrogen-bond acceptors (Lipinski definition) is 8. The zero-order chi connectivity index (χ0) is 13.0. The van der Waals surface area contributed by atoms with E-state index < -0.39 is 11.1 Å². The van der Waals surface area contributed by atoms with E-state index in [1.165, 1.54) is 12.1 Å². The first kappa shape index (κ1) is 22.1. The van der Waals surface area contributed by atoms with Gasteiger partial charge >= 0.3 is 108 Å². The Morgan fingerprint density at radius 3 is 2.16 bits per heavy atom. The van der Waals surface area contributed by atoms with Crippen LogP contribution in [0, 0.1) is 10.1 Å². The number of nitro groups is 1. The summed E-state index contributed by atoms with van der Waals surface area (Å²) in [6.45, 7) is 0. The molecule has 0 unspecified atom stereocenters. The van der Waals surface area contributed by atoms with Crippen molar-refractivity contribution < 1.29 is 127 Å². The number of halogens is 1. The third-order valence-electron chi connectivity index (χ3n) is 1.54. The number of carboxylic acid groups (broad SMARTS) is 2. The number of hydrogen-bond donors (Lipinski definition) is 0. The summed E-state index contributed by atoms with van der Waals surface area (Å²) in [7, 11) is 0. The van der Waals surface area contributed by atoms with Crippen molar-refractivity contribution in [1.29, 1.82) is 0 Å². The molecule has 0 fully saturated rings. The summed E-state index contributed by atoms with van der Waals surface area (Å²) in [4.78, 5) is 18.2. The first-order valence-electron chi connectivity index (χ1n) is 3.86. The van der Waals surface area contributed by atoms with Crippen molar-refractivity contribution in [3.63, 3.8) is 0 Å². The van der Waals surface area contributed by atoms with Crippen LogP contribution in [0.1, 0.15) is 0 Å². The van der Waals surface area contributed by atoms with Gasteiger partial charge in [0, 0.05) is 6.07 Å². The molecule has 2 aromatic rings. The molecular formula is C7H2ClK2N3O6. The molecule has 0 aliphatic carbocycles. The Morgan fingerprint density at radius 2 is 1.68 bits per heavy atom. The van der Waals surface area contributed by atoms with E-state index in [1.807, 2.05) is 0 Å². The smallest absolute Gasteiger partial charge is 0.652 e. The predicted octanol–water partition coefficient (Wildman–Crippen LogP) is -6.65. The summed E-state index contributed by atoms with van der Waals surface area (Å²) in [5.74, 6) is 0. The van der Waals surface area contributed by atoms with Crippen molar-refractivity contribution >= 4 is 34.5 Å². The number of nitro benzene ring substituents is 1. The SMILES string of the molecule is O=C([O-])[O-].O=[N+]([O-])c1ccc(Cl)c2nonc12.[K+].[K+]. The molecule has 0 amide bonds. The molecule has 0 N–H and O–H groups in total. The number of aromatic nitrogens is 2. The summed E-state index contributed by atoms with van der Waals surface area (Å²) in [6.07, 6.45) is -2.33. The molecule has 0 aliphatic rings. The summed E-state index contributed by atoms with van der Waals surface area (Å²) < 4.78 is 4.35. The van der Waals surface area contributed by atoms with Crippen LogP contribution in [0.5, 0.6) is 0 Å². The molecule has 0 aliphatic heterocycles. The Hall–Kier alpha value is 0.853. The Morgan fingerprint density at radius 1 is 1.21 bits per heavy atom. The van der Waals surface area contributed by atoms with Crippen LogP contribution in [-0.2, 0) is 0 Å². The van der Waals surface area contributed by atoms with E-state index in [0.717, 1.165) is 0 Å². The van der Waals surface area contributed by atoms with E-state index in [2.05, 4.69) is 14.9 Å². The van der Waals surface area contributed by atoms with Crippen molar-refractivity contribution in [2.45, 2.75) is 0 Å². The monoisotopic (exact) mass is 337 g/mol. The van der Waals surface area contributed by atoms with Crippen LogP contribution in [0.3, 0.4) is 0 Å². The van der Waals surface area contributed by atoms with Crippen LogP contribution in [-0.4, -0.2) is 21.4 Å². The molecular weight excluding hydrogens is 336 g/mol. The van der Waals surface area contributed by atoms with E-state index in [-0.39, 0.29) is 125 Å².